The van der Waals surface area contributed by atoms with E-state index in [0.29, 0.717) is 17.0 Å². The molecule has 1 aromatic heterocycles. The van der Waals surface area contributed by atoms with E-state index in [2.05, 4.69) is 16.4 Å². The molecule has 0 spiro atoms. The number of thioether (sulfide) groups is 1. The molecule has 0 unspecified atom stereocenters. The lowest BCUT2D eigenvalue weighted by Crippen LogP contribution is -2.13. The van der Waals surface area contributed by atoms with Gasteiger partial charge in [0.25, 0.3) is 5.91 Å². The zero-order valence-electron chi connectivity index (χ0n) is 10.0. The van der Waals surface area contributed by atoms with Gasteiger partial charge in [0.15, 0.2) is 0 Å². The maximum absolute atomic E-state index is 12.2. The van der Waals surface area contributed by atoms with Crippen molar-refractivity contribution in [3.8, 4) is 6.07 Å². The number of aromatic nitrogens is 1. The minimum Gasteiger partial charge on any atom is -0.321 e. The lowest BCUT2D eigenvalue weighted by atomic mass is 10.2. The van der Waals surface area contributed by atoms with Gasteiger partial charge in [-0.3, -0.25) is 9.78 Å². The summed E-state index contributed by atoms with van der Waals surface area (Å²) in [5.74, 6) is 0.117. The van der Waals surface area contributed by atoms with Crippen LogP contribution in [-0.2, 0) is 0 Å². The van der Waals surface area contributed by atoms with E-state index >= 15 is 0 Å². The number of benzene rings is 1. The summed E-state index contributed by atoms with van der Waals surface area (Å²) in [4.78, 5) is 16.9. The molecule has 0 radical (unpaired) electrons. The van der Waals surface area contributed by atoms with Gasteiger partial charge in [-0.05, 0) is 24.3 Å². The zero-order valence-corrected chi connectivity index (χ0v) is 10.9. The SMILES string of the molecule is N#CCSc1ccccc1C(=O)Nc1cccnc1. The Bertz CT molecular complexity index is 608. The van der Waals surface area contributed by atoms with Crippen LogP contribution in [-0.4, -0.2) is 16.6 Å². The Morgan fingerprint density at radius 2 is 2.16 bits per heavy atom. The van der Waals surface area contributed by atoms with Gasteiger partial charge in [0.1, 0.15) is 0 Å². The molecular weight excluding hydrogens is 258 g/mol. The highest BCUT2D eigenvalue weighted by molar-refractivity contribution is 7.99. The molecule has 5 heteroatoms. The summed E-state index contributed by atoms with van der Waals surface area (Å²) >= 11 is 1.35. The molecule has 0 saturated carbocycles. The van der Waals surface area contributed by atoms with Gasteiger partial charge in [0, 0.05) is 11.1 Å². The van der Waals surface area contributed by atoms with Crippen LogP contribution in [0.3, 0.4) is 0 Å². The van der Waals surface area contributed by atoms with Crippen molar-refractivity contribution < 1.29 is 4.79 Å². The van der Waals surface area contributed by atoms with Crippen molar-refractivity contribution >= 4 is 23.4 Å². The fourth-order valence-electron chi connectivity index (χ4n) is 1.53. The number of nitrogens with one attached hydrogen (secondary N) is 1. The van der Waals surface area contributed by atoms with Crippen molar-refractivity contribution in [2.24, 2.45) is 0 Å². The molecule has 1 amide bonds. The summed E-state index contributed by atoms with van der Waals surface area (Å²) < 4.78 is 0. The van der Waals surface area contributed by atoms with Crippen LogP contribution in [0, 0.1) is 11.3 Å². The molecule has 4 nitrogen and oxygen atoms in total. The van der Waals surface area contributed by atoms with Crippen LogP contribution in [0.4, 0.5) is 5.69 Å². The molecule has 1 N–H and O–H groups in total. The normalized spacial score (nSPS) is 9.63. The highest BCUT2D eigenvalue weighted by Crippen LogP contribution is 2.23. The summed E-state index contributed by atoms with van der Waals surface area (Å²) in [6.45, 7) is 0. The maximum Gasteiger partial charge on any atom is 0.256 e. The van der Waals surface area contributed by atoms with Gasteiger partial charge in [0.05, 0.1) is 29.3 Å². The third-order valence-electron chi connectivity index (χ3n) is 2.34. The Labute approximate surface area is 115 Å². The van der Waals surface area contributed by atoms with Crippen LogP contribution < -0.4 is 5.32 Å². The van der Waals surface area contributed by atoms with E-state index in [0.717, 1.165) is 4.90 Å². The first-order chi connectivity index (χ1) is 9.31. The first-order valence-electron chi connectivity index (χ1n) is 5.61. The Kier molecular flexibility index (Phi) is 4.54. The molecule has 0 aliphatic carbocycles. The van der Waals surface area contributed by atoms with E-state index in [-0.39, 0.29) is 5.91 Å². The monoisotopic (exact) mass is 269 g/mol. The quantitative estimate of drug-likeness (QED) is 0.867. The molecule has 19 heavy (non-hydrogen) atoms. The van der Waals surface area contributed by atoms with Crippen LogP contribution in [0.5, 0.6) is 0 Å². The minimum atomic E-state index is -0.200. The number of nitrogens with zero attached hydrogens (tertiary/aromatic N) is 2. The van der Waals surface area contributed by atoms with Crippen molar-refractivity contribution in [2.45, 2.75) is 4.90 Å². The fraction of sp³-hybridized carbons (Fsp3) is 0.0714. The molecule has 94 valence electrons. The Hall–Kier alpha value is -2.32. The molecule has 0 fully saturated rings. The molecule has 1 heterocycles. The van der Waals surface area contributed by atoms with Gasteiger partial charge in [-0.25, -0.2) is 0 Å². The van der Waals surface area contributed by atoms with Crippen molar-refractivity contribution in [2.75, 3.05) is 11.1 Å². The zero-order chi connectivity index (χ0) is 13.5. The van der Waals surface area contributed by atoms with Crippen LogP contribution >= 0.6 is 11.8 Å². The number of rotatable bonds is 4. The van der Waals surface area contributed by atoms with Crippen molar-refractivity contribution in [1.29, 1.82) is 5.26 Å². The third kappa shape index (κ3) is 3.57. The number of anilines is 1. The van der Waals surface area contributed by atoms with E-state index in [4.69, 9.17) is 5.26 Å². The molecule has 2 rings (SSSR count). The molecule has 0 aliphatic heterocycles. The van der Waals surface area contributed by atoms with Gasteiger partial charge in [-0.2, -0.15) is 5.26 Å². The van der Waals surface area contributed by atoms with E-state index in [1.807, 2.05) is 12.1 Å². The summed E-state index contributed by atoms with van der Waals surface area (Å²) in [5, 5.41) is 11.4. The highest BCUT2D eigenvalue weighted by atomic mass is 32.2. The second-order valence-corrected chi connectivity index (χ2v) is 4.66. The van der Waals surface area contributed by atoms with E-state index in [1.54, 1.807) is 36.7 Å². The molecule has 0 atom stereocenters. The van der Waals surface area contributed by atoms with Gasteiger partial charge in [-0.1, -0.05) is 12.1 Å². The first kappa shape index (κ1) is 13.1. The second kappa shape index (κ2) is 6.57. The number of carbonyl (C=O) groups excluding carboxylic acids is 1. The predicted molar refractivity (Wildman–Crippen MR) is 75.0 cm³/mol. The van der Waals surface area contributed by atoms with Crippen molar-refractivity contribution in [3.63, 3.8) is 0 Å². The first-order valence-corrected chi connectivity index (χ1v) is 6.60. The lowest BCUT2D eigenvalue weighted by molar-refractivity contribution is 0.102. The molecule has 0 aliphatic rings. The number of carbonyl (C=O) groups is 1. The smallest absolute Gasteiger partial charge is 0.256 e. The van der Waals surface area contributed by atoms with E-state index in [1.165, 1.54) is 11.8 Å². The van der Waals surface area contributed by atoms with Crippen molar-refractivity contribution in [1.82, 2.24) is 4.98 Å². The summed E-state index contributed by atoms with van der Waals surface area (Å²) in [5.41, 5.74) is 1.21. The minimum absolute atomic E-state index is 0.200. The predicted octanol–water partition coefficient (Wildman–Crippen LogP) is 2.95. The molecule has 2 aromatic rings. The molecule has 1 aromatic carbocycles. The maximum atomic E-state index is 12.2. The van der Waals surface area contributed by atoms with E-state index < -0.39 is 0 Å². The number of pyridine rings is 1. The highest BCUT2D eigenvalue weighted by Gasteiger charge is 2.11. The van der Waals surface area contributed by atoms with Crippen LogP contribution in [0.2, 0.25) is 0 Å². The van der Waals surface area contributed by atoms with Crippen LogP contribution in [0.1, 0.15) is 10.4 Å². The van der Waals surface area contributed by atoms with Crippen LogP contribution in [0.25, 0.3) is 0 Å². The number of nitriles is 1. The lowest BCUT2D eigenvalue weighted by Gasteiger charge is -2.08. The van der Waals surface area contributed by atoms with Crippen molar-refractivity contribution in [3.05, 3.63) is 54.4 Å². The standard InChI is InChI=1S/C14H11N3OS/c15-7-9-19-13-6-2-1-5-12(13)14(18)17-11-4-3-8-16-10-11/h1-6,8,10H,9H2,(H,17,18). The topological polar surface area (TPSA) is 65.8 Å². The number of hydrogen-bond acceptors (Lipinski definition) is 4. The summed E-state index contributed by atoms with van der Waals surface area (Å²) in [7, 11) is 0. The Balaban J connectivity index is 2.17. The Morgan fingerprint density at radius 1 is 1.32 bits per heavy atom. The van der Waals surface area contributed by atoms with Gasteiger partial charge in [0.2, 0.25) is 0 Å². The molecule has 0 bridgehead atoms. The van der Waals surface area contributed by atoms with Crippen LogP contribution in [0.15, 0.2) is 53.7 Å². The molecule has 0 saturated heterocycles. The van der Waals surface area contributed by atoms with Gasteiger partial charge >= 0.3 is 0 Å². The number of amides is 1. The van der Waals surface area contributed by atoms with Gasteiger partial charge in [-0.15, -0.1) is 11.8 Å². The number of hydrogen-bond donors (Lipinski definition) is 1. The average Bonchev–Trinajstić information content (AvgIpc) is 2.46. The average molecular weight is 269 g/mol. The third-order valence-corrected chi connectivity index (χ3v) is 3.28. The Morgan fingerprint density at radius 3 is 2.89 bits per heavy atom. The summed E-state index contributed by atoms with van der Waals surface area (Å²) in [6.07, 6.45) is 3.23. The fourth-order valence-corrected chi connectivity index (χ4v) is 2.24. The van der Waals surface area contributed by atoms with E-state index in [9.17, 15) is 4.79 Å². The molecular formula is C14H11N3OS. The van der Waals surface area contributed by atoms with Gasteiger partial charge < -0.3 is 5.32 Å². The largest absolute Gasteiger partial charge is 0.321 e. The second-order valence-electron chi connectivity index (χ2n) is 3.64. The summed E-state index contributed by atoms with van der Waals surface area (Å²) in [6, 6.07) is 12.8.